The van der Waals surface area contributed by atoms with E-state index in [1.165, 1.54) is 0 Å². The van der Waals surface area contributed by atoms with Gasteiger partial charge in [-0.3, -0.25) is 0 Å². The zero-order chi connectivity index (χ0) is 11.5. The smallest absolute Gasteiger partial charge is 0.407 e. The SMILES string of the molecule is CON1CCC(NC(=O)OC(C)(C)C)C1. The summed E-state index contributed by atoms with van der Waals surface area (Å²) >= 11 is 0. The molecule has 0 aromatic heterocycles. The van der Waals surface area contributed by atoms with Crippen LogP contribution in [0.15, 0.2) is 0 Å². The summed E-state index contributed by atoms with van der Waals surface area (Å²) in [6.07, 6.45) is 0.540. The maximum absolute atomic E-state index is 11.4. The molecule has 0 saturated carbocycles. The minimum absolute atomic E-state index is 0.125. The third kappa shape index (κ3) is 4.48. The molecular formula is C10H20N2O3. The highest BCUT2D eigenvalue weighted by molar-refractivity contribution is 5.68. The van der Waals surface area contributed by atoms with Gasteiger partial charge in [-0.2, -0.15) is 5.06 Å². The van der Waals surface area contributed by atoms with E-state index in [2.05, 4.69) is 5.32 Å². The number of hydrogen-bond acceptors (Lipinski definition) is 4. The zero-order valence-electron chi connectivity index (χ0n) is 9.87. The van der Waals surface area contributed by atoms with Crippen LogP contribution in [0.2, 0.25) is 0 Å². The molecule has 1 amide bonds. The Bertz CT molecular complexity index is 225. The van der Waals surface area contributed by atoms with E-state index in [9.17, 15) is 4.79 Å². The number of nitrogens with zero attached hydrogens (tertiary/aromatic N) is 1. The summed E-state index contributed by atoms with van der Waals surface area (Å²) in [4.78, 5) is 16.5. The van der Waals surface area contributed by atoms with Gasteiger partial charge in [-0.25, -0.2) is 4.79 Å². The second-order valence-corrected chi connectivity index (χ2v) is 4.70. The Hall–Kier alpha value is -0.810. The van der Waals surface area contributed by atoms with Crippen LogP contribution in [0.5, 0.6) is 0 Å². The molecule has 0 bridgehead atoms. The Kier molecular flexibility index (Phi) is 3.93. The summed E-state index contributed by atoms with van der Waals surface area (Å²) in [5.41, 5.74) is -0.441. The van der Waals surface area contributed by atoms with E-state index in [0.29, 0.717) is 0 Å². The Balaban J connectivity index is 2.28. The Morgan fingerprint density at radius 3 is 2.60 bits per heavy atom. The lowest BCUT2D eigenvalue weighted by Gasteiger charge is -2.21. The van der Waals surface area contributed by atoms with Crippen LogP contribution in [0.1, 0.15) is 27.2 Å². The zero-order valence-corrected chi connectivity index (χ0v) is 9.87. The first-order valence-corrected chi connectivity index (χ1v) is 5.19. The molecule has 0 aliphatic carbocycles. The molecule has 15 heavy (non-hydrogen) atoms. The van der Waals surface area contributed by atoms with Crippen molar-refractivity contribution in [2.75, 3.05) is 20.2 Å². The Morgan fingerprint density at radius 1 is 1.47 bits per heavy atom. The Morgan fingerprint density at radius 2 is 2.13 bits per heavy atom. The first kappa shape index (κ1) is 12.3. The van der Waals surface area contributed by atoms with Crippen LogP contribution in [0.3, 0.4) is 0 Å². The lowest BCUT2D eigenvalue weighted by atomic mass is 10.2. The quantitative estimate of drug-likeness (QED) is 0.752. The number of ether oxygens (including phenoxy) is 1. The summed E-state index contributed by atoms with van der Waals surface area (Å²) in [5.74, 6) is 0. The predicted octanol–water partition coefficient (Wildman–Crippen LogP) is 1.15. The van der Waals surface area contributed by atoms with Crippen molar-refractivity contribution >= 4 is 6.09 Å². The van der Waals surface area contributed by atoms with Gasteiger partial charge in [0.1, 0.15) is 5.60 Å². The molecule has 1 unspecified atom stereocenters. The highest BCUT2D eigenvalue weighted by Crippen LogP contribution is 2.11. The molecule has 1 heterocycles. The molecular weight excluding hydrogens is 196 g/mol. The first-order valence-electron chi connectivity index (χ1n) is 5.19. The van der Waals surface area contributed by atoms with E-state index in [-0.39, 0.29) is 12.1 Å². The van der Waals surface area contributed by atoms with Gasteiger partial charge in [0.25, 0.3) is 0 Å². The molecule has 5 nitrogen and oxygen atoms in total. The van der Waals surface area contributed by atoms with E-state index in [1.807, 2.05) is 25.8 Å². The summed E-state index contributed by atoms with van der Waals surface area (Å²) in [5, 5.41) is 4.64. The van der Waals surface area contributed by atoms with Crippen LogP contribution >= 0.6 is 0 Å². The third-order valence-electron chi connectivity index (χ3n) is 2.13. The van der Waals surface area contributed by atoms with Gasteiger partial charge in [-0.05, 0) is 27.2 Å². The Labute approximate surface area is 90.7 Å². The second kappa shape index (κ2) is 4.81. The fourth-order valence-corrected chi connectivity index (χ4v) is 1.49. The van der Waals surface area contributed by atoms with E-state index in [4.69, 9.17) is 9.57 Å². The molecule has 1 atom stereocenters. The van der Waals surface area contributed by atoms with Crippen molar-refractivity contribution in [2.24, 2.45) is 0 Å². The highest BCUT2D eigenvalue weighted by Gasteiger charge is 2.25. The fourth-order valence-electron chi connectivity index (χ4n) is 1.49. The number of nitrogens with one attached hydrogen (secondary N) is 1. The maximum Gasteiger partial charge on any atom is 0.407 e. The van der Waals surface area contributed by atoms with Gasteiger partial charge in [-0.15, -0.1) is 0 Å². The number of carbonyl (C=O) groups is 1. The van der Waals surface area contributed by atoms with E-state index >= 15 is 0 Å². The number of hydroxylamine groups is 2. The second-order valence-electron chi connectivity index (χ2n) is 4.70. The van der Waals surface area contributed by atoms with Gasteiger partial charge in [0.2, 0.25) is 0 Å². The van der Waals surface area contributed by atoms with E-state index in [1.54, 1.807) is 7.11 Å². The molecule has 0 radical (unpaired) electrons. The van der Waals surface area contributed by atoms with Crippen LogP contribution in [0, 0.1) is 0 Å². The average molecular weight is 216 g/mol. The minimum atomic E-state index is -0.441. The van der Waals surface area contributed by atoms with Crippen molar-refractivity contribution in [3.05, 3.63) is 0 Å². The lowest BCUT2D eigenvalue weighted by Crippen LogP contribution is -2.40. The minimum Gasteiger partial charge on any atom is -0.444 e. The van der Waals surface area contributed by atoms with Gasteiger partial charge >= 0.3 is 6.09 Å². The topological polar surface area (TPSA) is 50.8 Å². The summed E-state index contributed by atoms with van der Waals surface area (Å²) in [6.45, 7) is 7.11. The van der Waals surface area contributed by atoms with Crippen molar-refractivity contribution < 1.29 is 14.4 Å². The fraction of sp³-hybridized carbons (Fsp3) is 0.900. The van der Waals surface area contributed by atoms with Crippen molar-refractivity contribution in [3.63, 3.8) is 0 Å². The normalized spacial score (nSPS) is 22.8. The molecule has 1 N–H and O–H groups in total. The maximum atomic E-state index is 11.4. The van der Waals surface area contributed by atoms with Gasteiger partial charge in [0.05, 0.1) is 7.11 Å². The number of hydrogen-bond donors (Lipinski definition) is 1. The van der Waals surface area contributed by atoms with Crippen LogP contribution < -0.4 is 5.32 Å². The van der Waals surface area contributed by atoms with Gasteiger partial charge in [0, 0.05) is 19.1 Å². The molecule has 1 aliphatic heterocycles. The lowest BCUT2D eigenvalue weighted by molar-refractivity contribution is -0.113. The summed E-state index contributed by atoms with van der Waals surface area (Å²) < 4.78 is 5.16. The van der Waals surface area contributed by atoms with Crippen LogP contribution in [0.25, 0.3) is 0 Å². The molecule has 0 spiro atoms. The molecule has 5 heteroatoms. The average Bonchev–Trinajstić information content (AvgIpc) is 2.48. The van der Waals surface area contributed by atoms with Crippen LogP contribution in [0.4, 0.5) is 4.79 Å². The van der Waals surface area contributed by atoms with Gasteiger partial charge < -0.3 is 14.9 Å². The van der Waals surface area contributed by atoms with Crippen LogP contribution in [-0.4, -0.2) is 43.0 Å². The molecule has 1 aliphatic rings. The molecule has 1 fully saturated rings. The van der Waals surface area contributed by atoms with Crippen LogP contribution in [-0.2, 0) is 9.57 Å². The van der Waals surface area contributed by atoms with Gasteiger partial charge in [0.15, 0.2) is 0 Å². The monoisotopic (exact) mass is 216 g/mol. The number of alkyl carbamates (subject to hydrolysis) is 1. The van der Waals surface area contributed by atoms with E-state index in [0.717, 1.165) is 19.5 Å². The summed E-state index contributed by atoms with van der Waals surface area (Å²) in [7, 11) is 1.63. The predicted molar refractivity (Wildman–Crippen MR) is 56.4 cm³/mol. The van der Waals surface area contributed by atoms with Crippen molar-refractivity contribution in [2.45, 2.75) is 38.8 Å². The van der Waals surface area contributed by atoms with Crippen molar-refractivity contribution in [3.8, 4) is 0 Å². The van der Waals surface area contributed by atoms with Crippen molar-refractivity contribution in [1.29, 1.82) is 0 Å². The largest absolute Gasteiger partial charge is 0.444 e. The van der Waals surface area contributed by atoms with E-state index < -0.39 is 5.60 Å². The molecule has 0 aromatic carbocycles. The third-order valence-corrected chi connectivity index (χ3v) is 2.13. The highest BCUT2D eigenvalue weighted by atomic mass is 16.7. The molecule has 1 rings (SSSR count). The molecule has 0 aromatic rings. The summed E-state index contributed by atoms with van der Waals surface area (Å²) in [6, 6.07) is 0.125. The van der Waals surface area contributed by atoms with Crippen molar-refractivity contribution in [1.82, 2.24) is 10.4 Å². The first-order chi connectivity index (χ1) is 6.90. The molecule has 88 valence electrons. The number of carbonyl (C=O) groups excluding carboxylic acids is 1. The number of amides is 1. The van der Waals surface area contributed by atoms with Gasteiger partial charge in [-0.1, -0.05) is 0 Å². The molecule has 1 saturated heterocycles. The number of rotatable bonds is 2. The standard InChI is InChI=1S/C10H20N2O3/c1-10(2,3)15-9(13)11-8-5-6-12(7-8)14-4/h8H,5-7H2,1-4H3,(H,11,13).